The monoisotopic (exact) mass is 505 g/mol. The fourth-order valence-corrected chi connectivity index (χ4v) is 5.67. The first kappa shape index (κ1) is 24.9. The van der Waals surface area contributed by atoms with Gasteiger partial charge in [-0.05, 0) is 37.6 Å². The first-order chi connectivity index (χ1) is 16.2. The molecule has 184 valence electrons. The van der Waals surface area contributed by atoms with E-state index in [2.05, 4.69) is 9.80 Å². The van der Waals surface area contributed by atoms with E-state index in [0.29, 0.717) is 23.7 Å². The van der Waals surface area contributed by atoms with E-state index in [0.717, 1.165) is 48.8 Å². The van der Waals surface area contributed by atoms with Gasteiger partial charge in [0.1, 0.15) is 11.9 Å². The van der Waals surface area contributed by atoms with Crippen molar-refractivity contribution in [1.29, 1.82) is 0 Å². The molecule has 3 aromatic rings. The lowest BCUT2D eigenvalue weighted by atomic mass is 10.1. The predicted octanol–water partition coefficient (Wildman–Crippen LogP) is 3.29. The zero-order valence-electron chi connectivity index (χ0n) is 19.9. The highest BCUT2D eigenvalue weighted by atomic mass is 35.5. The van der Waals surface area contributed by atoms with Crippen molar-refractivity contribution >= 4 is 33.0 Å². The fourth-order valence-electron chi connectivity index (χ4n) is 4.32. The maximum Gasteiger partial charge on any atom is 0.234 e. The number of benzene rings is 1. The lowest BCUT2D eigenvalue weighted by Crippen LogP contribution is -2.49. The Morgan fingerprint density at radius 2 is 1.79 bits per heavy atom. The molecule has 2 aromatic heterocycles. The number of aliphatic hydroxyl groups excluding tert-OH is 1. The second-order valence-electron chi connectivity index (χ2n) is 8.76. The lowest BCUT2D eigenvalue weighted by molar-refractivity contribution is -0.0143. The van der Waals surface area contributed by atoms with Crippen molar-refractivity contribution in [2.75, 3.05) is 43.3 Å². The largest absolute Gasteiger partial charge is 0.379 e. The Morgan fingerprint density at radius 1 is 1.12 bits per heavy atom. The van der Waals surface area contributed by atoms with Gasteiger partial charge in [-0.3, -0.25) is 18.5 Å². The van der Waals surface area contributed by atoms with Crippen molar-refractivity contribution in [1.82, 2.24) is 19.2 Å². The second kappa shape index (κ2) is 10.2. The van der Waals surface area contributed by atoms with E-state index in [-0.39, 0.29) is 5.75 Å². The Labute approximate surface area is 206 Å². The zero-order valence-corrected chi connectivity index (χ0v) is 21.4. The summed E-state index contributed by atoms with van der Waals surface area (Å²) in [5.74, 6) is 0.0991. The van der Waals surface area contributed by atoms with E-state index in [4.69, 9.17) is 16.6 Å². The number of imidazole rings is 1. The molecule has 0 spiro atoms. The molecule has 1 N–H and O–H groups in total. The minimum atomic E-state index is -3.39. The summed E-state index contributed by atoms with van der Waals surface area (Å²) in [5, 5.41) is 10.6. The smallest absolute Gasteiger partial charge is 0.234 e. The summed E-state index contributed by atoms with van der Waals surface area (Å²) in [6.07, 6.45) is 1.96. The van der Waals surface area contributed by atoms with E-state index in [9.17, 15) is 13.5 Å². The summed E-state index contributed by atoms with van der Waals surface area (Å²) in [7, 11) is -1.80. The molecule has 3 heterocycles. The van der Waals surface area contributed by atoms with Gasteiger partial charge < -0.3 is 5.11 Å². The van der Waals surface area contributed by atoms with E-state index >= 15 is 0 Å². The highest BCUT2D eigenvalue weighted by Crippen LogP contribution is 2.29. The Hall–Kier alpha value is -2.17. The predicted molar refractivity (Wildman–Crippen MR) is 137 cm³/mol. The van der Waals surface area contributed by atoms with Crippen LogP contribution in [0.4, 0.5) is 5.69 Å². The van der Waals surface area contributed by atoms with Crippen LogP contribution >= 0.6 is 11.6 Å². The third kappa shape index (κ3) is 5.23. The molecular formula is C24H32ClN5O3S. The van der Waals surface area contributed by atoms with Gasteiger partial charge in [-0.2, -0.15) is 0 Å². The molecular weight excluding hydrogens is 474 g/mol. The van der Waals surface area contributed by atoms with E-state index in [1.54, 1.807) is 20.0 Å². The van der Waals surface area contributed by atoms with Crippen LogP contribution in [0.3, 0.4) is 0 Å². The van der Waals surface area contributed by atoms with Gasteiger partial charge >= 0.3 is 0 Å². The van der Waals surface area contributed by atoms with Gasteiger partial charge in [0.15, 0.2) is 0 Å². The molecule has 1 atom stereocenters. The average Bonchev–Trinajstić information content (AvgIpc) is 3.17. The number of sulfonamides is 1. The Balaban J connectivity index is 1.74. The standard InChI is InChI=1S/C24H32ClN5O3S/c1-4-15-34(32,33)27(3)21-9-10-23-26-24(19-5-7-20(25)8-6-19)22(30(23)16-21)17-28-11-13-29(14-12-28)18(2)31/h5-10,16,18,31H,4,11-15,17H2,1-3H3. The van der Waals surface area contributed by atoms with Crippen molar-refractivity contribution < 1.29 is 13.5 Å². The number of fused-ring (bicyclic) bond motifs is 1. The number of aromatic nitrogens is 2. The molecule has 1 aromatic carbocycles. The van der Waals surface area contributed by atoms with Crippen LogP contribution in [-0.2, 0) is 16.6 Å². The van der Waals surface area contributed by atoms with Crippen LogP contribution in [0.1, 0.15) is 26.0 Å². The maximum absolute atomic E-state index is 12.7. The summed E-state index contributed by atoms with van der Waals surface area (Å²) in [4.78, 5) is 9.29. The van der Waals surface area contributed by atoms with Gasteiger partial charge in [-0.1, -0.05) is 30.7 Å². The van der Waals surface area contributed by atoms with Crippen molar-refractivity contribution in [2.45, 2.75) is 33.0 Å². The topological polar surface area (TPSA) is 81.4 Å². The third-order valence-corrected chi connectivity index (χ3v) is 8.59. The Kier molecular flexibility index (Phi) is 7.49. The minimum absolute atomic E-state index is 0.0991. The molecule has 10 heteroatoms. The summed E-state index contributed by atoms with van der Waals surface area (Å²) in [6.45, 7) is 7.52. The summed E-state index contributed by atoms with van der Waals surface area (Å²) in [5.41, 5.74) is 4.16. The molecule has 0 amide bonds. The first-order valence-electron chi connectivity index (χ1n) is 11.6. The minimum Gasteiger partial charge on any atom is -0.379 e. The molecule has 1 unspecified atom stereocenters. The van der Waals surface area contributed by atoms with E-state index < -0.39 is 16.3 Å². The van der Waals surface area contributed by atoms with Gasteiger partial charge in [0.05, 0.1) is 22.8 Å². The summed E-state index contributed by atoms with van der Waals surface area (Å²) in [6, 6.07) is 11.3. The number of pyridine rings is 1. The molecule has 0 saturated carbocycles. The van der Waals surface area contributed by atoms with Crippen LogP contribution in [0.15, 0.2) is 42.6 Å². The number of nitrogens with zero attached hydrogens (tertiary/aromatic N) is 5. The van der Waals surface area contributed by atoms with E-state index in [1.807, 2.05) is 47.9 Å². The van der Waals surface area contributed by atoms with Crippen LogP contribution in [-0.4, -0.2) is 77.9 Å². The maximum atomic E-state index is 12.7. The molecule has 34 heavy (non-hydrogen) atoms. The van der Waals surface area contributed by atoms with Crippen molar-refractivity contribution in [3.05, 3.63) is 53.3 Å². The summed E-state index contributed by atoms with van der Waals surface area (Å²) >= 11 is 6.12. The van der Waals surface area contributed by atoms with Gasteiger partial charge in [-0.15, -0.1) is 0 Å². The second-order valence-corrected chi connectivity index (χ2v) is 11.3. The van der Waals surface area contributed by atoms with Gasteiger partial charge in [0, 0.05) is 56.6 Å². The van der Waals surface area contributed by atoms with Crippen LogP contribution in [0.5, 0.6) is 0 Å². The van der Waals surface area contributed by atoms with Gasteiger partial charge in [-0.25, -0.2) is 13.4 Å². The Morgan fingerprint density at radius 3 is 2.41 bits per heavy atom. The number of piperazine rings is 1. The van der Waals surface area contributed by atoms with Gasteiger partial charge in [0.25, 0.3) is 0 Å². The lowest BCUT2D eigenvalue weighted by Gasteiger charge is -2.36. The highest BCUT2D eigenvalue weighted by molar-refractivity contribution is 7.92. The molecule has 1 fully saturated rings. The van der Waals surface area contributed by atoms with E-state index in [1.165, 1.54) is 4.31 Å². The highest BCUT2D eigenvalue weighted by Gasteiger charge is 2.24. The Bertz CT molecular complexity index is 1240. The number of hydrogen-bond donors (Lipinski definition) is 1. The van der Waals surface area contributed by atoms with Crippen molar-refractivity contribution in [3.63, 3.8) is 0 Å². The third-order valence-electron chi connectivity index (χ3n) is 6.37. The first-order valence-corrected chi connectivity index (χ1v) is 13.6. The average molecular weight is 506 g/mol. The molecule has 0 radical (unpaired) electrons. The number of aliphatic hydroxyl groups is 1. The van der Waals surface area contributed by atoms with Crippen molar-refractivity contribution in [3.8, 4) is 11.3 Å². The molecule has 1 aliphatic heterocycles. The van der Waals surface area contributed by atoms with Crippen LogP contribution in [0.2, 0.25) is 5.02 Å². The molecule has 1 saturated heterocycles. The number of anilines is 1. The van der Waals surface area contributed by atoms with Crippen LogP contribution in [0.25, 0.3) is 16.9 Å². The quantitative estimate of drug-likeness (QED) is 0.506. The molecule has 0 bridgehead atoms. The molecule has 1 aliphatic rings. The van der Waals surface area contributed by atoms with Crippen molar-refractivity contribution in [2.24, 2.45) is 0 Å². The van der Waals surface area contributed by atoms with Crippen LogP contribution in [0, 0.1) is 0 Å². The SMILES string of the molecule is CCCS(=O)(=O)N(C)c1ccc2nc(-c3ccc(Cl)cc3)c(CN3CCN(C(C)O)CC3)n2c1. The number of hydrogen-bond acceptors (Lipinski definition) is 6. The normalized spacial score (nSPS) is 16.7. The number of halogens is 1. The molecule has 0 aliphatic carbocycles. The van der Waals surface area contributed by atoms with Gasteiger partial charge in [0.2, 0.25) is 10.0 Å². The zero-order chi connectivity index (χ0) is 24.5. The fraction of sp³-hybridized carbons (Fsp3) is 0.458. The summed E-state index contributed by atoms with van der Waals surface area (Å²) < 4.78 is 28.7. The molecule has 4 rings (SSSR count). The number of rotatable bonds is 8. The molecule has 8 nitrogen and oxygen atoms in total. The van der Waals surface area contributed by atoms with Crippen LogP contribution < -0.4 is 4.31 Å².